The van der Waals surface area contributed by atoms with Crippen LogP contribution in [0, 0.1) is 11.3 Å². The molecule has 2 heterocycles. The molecule has 0 aliphatic rings. The Balaban J connectivity index is 1.44. The summed E-state index contributed by atoms with van der Waals surface area (Å²) in [5.41, 5.74) is 9.99. The molecule has 0 unspecified atom stereocenters. The highest BCUT2D eigenvalue weighted by Gasteiger charge is 2.18. The Hall–Kier alpha value is -5.59. The molecule has 0 bridgehead atoms. The molecule has 0 N–H and O–H groups in total. The predicted octanol–water partition coefficient (Wildman–Crippen LogP) is 10.4. The first-order chi connectivity index (χ1) is 19.8. The van der Waals surface area contributed by atoms with E-state index in [4.69, 9.17) is 8.83 Å². The zero-order valence-corrected chi connectivity index (χ0v) is 21.4. The number of nitrogens with zero attached hydrogens (tertiary/aromatic N) is 1. The molecule has 0 saturated carbocycles. The molecule has 8 aromatic rings. The van der Waals surface area contributed by atoms with Gasteiger partial charge < -0.3 is 8.83 Å². The number of hydrogen-bond donors (Lipinski definition) is 0. The number of benzene rings is 6. The van der Waals surface area contributed by atoms with Crippen LogP contribution in [0.2, 0.25) is 0 Å². The van der Waals surface area contributed by atoms with Gasteiger partial charge in [0.2, 0.25) is 0 Å². The van der Waals surface area contributed by atoms with Crippen molar-refractivity contribution in [1.82, 2.24) is 0 Å². The lowest BCUT2D eigenvalue weighted by molar-refractivity contribution is 0.668. The Bertz CT molecular complexity index is 2280. The van der Waals surface area contributed by atoms with Crippen LogP contribution in [-0.4, -0.2) is 0 Å². The van der Waals surface area contributed by atoms with Crippen LogP contribution < -0.4 is 0 Å². The van der Waals surface area contributed by atoms with E-state index in [1.165, 1.54) is 0 Å². The maximum atomic E-state index is 10.5. The molecule has 0 fully saturated rings. The number of para-hydroxylation sites is 2. The number of fused-ring (bicyclic) bond motifs is 6. The summed E-state index contributed by atoms with van der Waals surface area (Å²) >= 11 is 0. The topological polar surface area (TPSA) is 50.1 Å². The van der Waals surface area contributed by atoms with Gasteiger partial charge in [-0.2, -0.15) is 5.26 Å². The molecule has 2 aromatic heterocycles. The lowest BCUT2D eigenvalue weighted by atomic mass is 9.86. The second-order valence-electron chi connectivity index (χ2n) is 10.0. The first-order valence-corrected chi connectivity index (χ1v) is 13.2. The zero-order chi connectivity index (χ0) is 26.6. The maximum Gasteiger partial charge on any atom is 0.135 e. The summed E-state index contributed by atoms with van der Waals surface area (Å²) in [4.78, 5) is 0. The molecular formula is C37H21NO2. The van der Waals surface area contributed by atoms with Crippen molar-refractivity contribution in [2.45, 2.75) is 0 Å². The van der Waals surface area contributed by atoms with Crippen molar-refractivity contribution >= 4 is 43.9 Å². The molecular weight excluding hydrogens is 490 g/mol. The van der Waals surface area contributed by atoms with Crippen LogP contribution in [0.25, 0.3) is 77.3 Å². The summed E-state index contributed by atoms with van der Waals surface area (Å²) in [7, 11) is 0. The van der Waals surface area contributed by atoms with Crippen molar-refractivity contribution < 1.29 is 8.83 Å². The van der Waals surface area contributed by atoms with Gasteiger partial charge in [-0.3, -0.25) is 0 Å². The third-order valence-corrected chi connectivity index (χ3v) is 7.72. The fourth-order valence-corrected chi connectivity index (χ4v) is 5.84. The first-order valence-electron chi connectivity index (χ1n) is 13.2. The van der Waals surface area contributed by atoms with Crippen LogP contribution >= 0.6 is 0 Å². The van der Waals surface area contributed by atoms with Crippen molar-refractivity contribution in [2.75, 3.05) is 0 Å². The number of hydrogen-bond acceptors (Lipinski definition) is 3. The summed E-state index contributed by atoms with van der Waals surface area (Å²) < 4.78 is 12.2. The predicted molar refractivity (Wildman–Crippen MR) is 162 cm³/mol. The second-order valence-corrected chi connectivity index (χ2v) is 10.0. The van der Waals surface area contributed by atoms with Crippen LogP contribution in [-0.2, 0) is 0 Å². The van der Waals surface area contributed by atoms with E-state index in [0.29, 0.717) is 5.56 Å². The Morgan fingerprint density at radius 3 is 1.62 bits per heavy atom. The van der Waals surface area contributed by atoms with Gasteiger partial charge in [0.15, 0.2) is 0 Å². The second kappa shape index (κ2) is 8.73. The first kappa shape index (κ1) is 22.4. The Kier molecular flexibility index (Phi) is 4.89. The molecule has 0 amide bonds. The van der Waals surface area contributed by atoms with Crippen molar-refractivity contribution in [3.8, 4) is 39.4 Å². The monoisotopic (exact) mass is 511 g/mol. The van der Waals surface area contributed by atoms with E-state index in [0.717, 1.165) is 77.3 Å². The summed E-state index contributed by atoms with van der Waals surface area (Å²) in [5, 5.41) is 14.7. The highest BCUT2D eigenvalue weighted by molar-refractivity contribution is 6.09. The Morgan fingerprint density at radius 1 is 0.425 bits per heavy atom. The average molecular weight is 512 g/mol. The van der Waals surface area contributed by atoms with E-state index < -0.39 is 0 Å². The number of furan rings is 2. The van der Waals surface area contributed by atoms with E-state index in [-0.39, 0.29) is 0 Å². The van der Waals surface area contributed by atoms with Gasteiger partial charge in [0.05, 0.1) is 11.6 Å². The smallest absolute Gasteiger partial charge is 0.135 e. The molecule has 0 aliphatic carbocycles. The number of nitriles is 1. The van der Waals surface area contributed by atoms with Crippen LogP contribution in [0.3, 0.4) is 0 Å². The molecule has 0 spiro atoms. The fraction of sp³-hybridized carbons (Fsp3) is 0. The van der Waals surface area contributed by atoms with E-state index >= 15 is 0 Å². The van der Waals surface area contributed by atoms with Gasteiger partial charge in [-0.15, -0.1) is 0 Å². The quantitative estimate of drug-likeness (QED) is 0.237. The summed E-state index contributed by atoms with van der Waals surface area (Å²) in [6.45, 7) is 0. The minimum absolute atomic E-state index is 0.626. The molecule has 3 heteroatoms. The molecule has 0 saturated heterocycles. The van der Waals surface area contributed by atoms with Crippen molar-refractivity contribution in [3.63, 3.8) is 0 Å². The lowest BCUT2D eigenvalue weighted by Gasteiger charge is -2.16. The normalized spacial score (nSPS) is 11.5. The molecule has 40 heavy (non-hydrogen) atoms. The van der Waals surface area contributed by atoms with Gasteiger partial charge in [0.1, 0.15) is 22.3 Å². The minimum atomic E-state index is 0.626. The van der Waals surface area contributed by atoms with Gasteiger partial charge in [0.25, 0.3) is 0 Å². The van der Waals surface area contributed by atoms with Crippen LogP contribution in [0.15, 0.2) is 136 Å². The highest BCUT2D eigenvalue weighted by Crippen LogP contribution is 2.42. The molecule has 0 atom stereocenters. The van der Waals surface area contributed by atoms with Crippen LogP contribution in [0.1, 0.15) is 5.56 Å². The van der Waals surface area contributed by atoms with Gasteiger partial charge in [-0.1, -0.05) is 78.9 Å². The van der Waals surface area contributed by atoms with Gasteiger partial charge in [-0.05, 0) is 76.3 Å². The Morgan fingerprint density at radius 2 is 0.975 bits per heavy atom. The van der Waals surface area contributed by atoms with Crippen LogP contribution in [0.4, 0.5) is 0 Å². The number of rotatable bonds is 3. The zero-order valence-electron chi connectivity index (χ0n) is 21.4. The molecule has 0 radical (unpaired) electrons. The van der Waals surface area contributed by atoms with E-state index in [2.05, 4.69) is 60.7 Å². The van der Waals surface area contributed by atoms with E-state index in [1.807, 2.05) is 72.8 Å². The van der Waals surface area contributed by atoms with E-state index in [9.17, 15) is 5.26 Å². The molecule has 0 aliphatic heterocycles. The van der Waals surface area contributed by atoms with Crippen molar-refractivity contribution in [2.24, 2.45) is 0 Å². The average Bonchev–Trinajstić information content (AvgIpc) is 3.58. The lowest BCUT2D eigenvalue weighted by Crippen LogP contribution is -1.93. The third kappa shape index (κ3) is 3.44. The highest BCUT2D eigenvalue weighted by atomic mass is 16.3. The van der Waals surface area contributed by atoms with Crippen molar-refractivity contribution in [1.29, 1.82) is 5.26 Å². The molecule has 3 nitrogen and oxygen atoms in total. The molecule has 6 aromatic carbocycles. The van der Waals surface area contributed by atoms with E-state index in [1.54, 1.807) is 0 Å². The minimum Gasteiger partial charge on any atom is -0.456 e. The van der Waals surface area contributed by atoms with Gasteiger partial charge in [0, 0.05) is 27.1 Å². The fourth-order valence-electron chi connectivity index (χ4n) is 5.84. The summed E-state index contributed by atoms with van der Waals surface area (Å²) in [6, 6.07) is 45.6. The SMILES string of the molecule is N#Cc1cc(-c2ccccc2)cc(-c2ccc3oc4ccccc4c3c2)c1-c1ccc2oc3ccccc3c2c1. The summed E-state index contributed by atoms with van der Waals surface area (Å²) in [6.07, 6.45) is 0. The summed E-state index contributed by atoms with van der Waals surface area (Å²) in [5.74, 6) is 0. The van der Waals surface area contributed by atoms with Crippen LogP contribution in [0.5, 0.6) is 0 Å². The molecule has 8 rings (SSSR count). The third-order valence-electron chi connectivity index (χ3n) is 7.72. The van der Waals surface area contributed by atoms with Gasteiger partial charge >= 0.3 is 0 Å². The maximum absolute atomic E-state index is 10.5. The Labute approximate surface area is 230 Å². The standard InChI is InChI=1S/C37H21NO2/c38-22-27-18-26(23-8-2-1-3-9-23)21-30(24-14-16-35-31(19-24)28-10-4-6-12-33(28)39-35)37(27)25-15-17-36-32(20-25)29-11-5-7-13-34(29)40-36/h1-21H. The van der Waals surface area contributed by atoms with Gasteiger partial charge in [-0.25, -0.2) is 0 Å². The largest absolute Gasteiger partial charge is 0.456 e. The molecule has 186 valence electrons. The van der Waals surface area contributed by atoms with Crippen molar-refractivity contribution in [3.05, 3.63) is 133 Å².